The topological polar surface area (TPSA) is 20.3 Å². The first-order valence-electron chi connectivity index (χ1n) is 7.77. The molecule has 4 heteroatoms. The van der Waals surface area contributed by atoms with Crippen molar-refractivity contribution in [1.82, 2.24) is 4.90 Å². The lowest BCUT2D eigenvalue weighted by Gasteiger charge is -2.28. The molecule has 2 nitrogen and oxygen atoms in total. The number of hydrogen-bond acceptors (Lipinski definition) is 1. The van der Waals surface area contributed by atoms with Crippen LogP contribution in [0.1, 0.15) is 50.5 Å². The highest BCUT2D eigenvalue weighted by Crippen LogP contribution is 2.29. The molecule has 21 heavy (non-hydrogen) atoms. The van der Waals surface area contributed by atoms with Crippen molar-refractivity contribution in [2.24, 2.45) is 0 Å². The number of amides is 1. The zero-order chi connectivity index (χ0) is 16.4. The monoisotopic (exact) mass is 309 g/mol. The third-order valence-electron chi connectivity index (χ3n) is 3.82. The molecular formula is C17H28FNOSi. The summed E-state index contributed by atoms with van der Waals surface area (Å²) in [4.78, 5) is 14.4. The smallest absolute Gasteiger partial charge is 0.254 e. The number of halogens is 1. The highest BCUT2D eigenvalue weighted by atomic mass is 28.3. The van der Waals surface area contributed by atoms with Gasteiger partial charge < -0.3 is 4.90 Å². The molecule has 0 atom stereocenters. The van der Waals surface area contributed by atoms with E-state index in [1.165, 1.54) is 0 Å². The van der Waals surface area contributed by atoms with Crippen molar-refractivity contribution in [2.45, 2.75) is 53.1 Å². The largest absolute Gasteiger partial charge is 0.339 e. The Morgan fingerprint density at radius 2 is 1.71 bits per heavy atom. The van der Waals surface area contributed by atoms with Crippen LogP contribution in [0.4, 0.5) is 4.39 Å². The van der Waals surface area contributed by atoms with Gasteiger partial charge in [-0.15, -0.1) is 0 Å². The maximum atomic E-state index is 15.0. The first-order chi connectivity index (χ1) is 9.65. The lowest BCUT2D eigenvalue weighted by molar-refractivity contribution is 0.0769. The Labute approximate surface area is 130 Å². The molecule has 0 N–H and O–H groups in total. The minimum Gasteiger partial charge on any atom is -0.339 e. The van der Waals surface area contributed by atoms with E-state index in [0.717, 1.165) is 5.19 Å². The molecule has 0 saturated heterocycles. The van der Waals surface area contributed by atoms with Gasteiger partial charge in [-0.25, -0.2) is 4.39 Å². The molecule has 1 rings (SSSR count). The summed E-state index contributed by atoms with van der Waals surface area (Å²) in [6.45, 7) is 15.3. The molecule has 1 aromatic rings. The molecule has 0 spiro atoms. The summed E-state index contributed by atoms with van der Waals surface area (Å²) in [7, 11) is -1.26. The van der Waals surface area contributed by atoms with E-state index < -0.39 is 8.80 Å². The van der Waals surface area contributed by atoms with Crippen molar-refractivity contribution in [3.8, 4) is 0 Å². The molecule has 0 unspecified atom stereocenters. The van der Waals surface area contributed by atoms with Gasteiger partial charge in [0.25, 0.3) is 5.91 Å². The number of carbonyl (C=O) groups is 1. The molecule has 0 radical (unpaired) electrons. The molecule has 0 fully saturated rings. The van der Waals surface area contributed by atoms with Gasteiger partial charge in [0.1, 0.15) is 5.82 Å². The summed E-state index contributed by atoms with van der Waals surface area (Å²) in [5.41, 5.74) is 0.696. The molecule has 0 aliphatic heterocycles. The fraction of sp³-hybridized carbons (Fsp3) is 0.588. The number of rotatable bonds is 4. The molecule has 0 saturated carbocycles. The molecule has 0 bridgehead atoms. The van der Waals surface area contributed by atoms with Crippen molar-refractivity contribution in [3.63, 3.8) is 0 Å². The fourth-order valence-electron chi connectivity index (χ4n) is 2.63. The zero-order valence-electron chi connectivity index (χ0n) is 14.4. The minimum absolute atomic E-state index is 0.0687. The molecule has 0 aromatic heterocycles. The molecule has 1 aromatic carbocycles. The predicted molar refractivity (Wildman–Crippen MR) is 90.9 cm³/mol. The highest BCUT2D eigenvalue weighted by molar-refractivity contribution is 6.70. The van der Waals surface area contributed by atoms with E-state index in [4.69, 9.17) is 0 Å². The summed E-state index contributed by atoms with van der Waals surface area (Å²) in [6.07, 6.45) is 0. The third kappa shape index (κ3) is 3.73. The molecule has 1 amide bonds. The first kappa shape index (κ1) is 17.9. The summed E-state index contributed by atoms with van der Waals surface area (Å²) in [5.74, 6) is -0.233. The Morgan fingerprint density at radius 1 is 1.19 bits per heavy atom. The predicted octanol–water partition coefficient (Wildman–Crippen LogP) is 3.30. The van der Waals surface area contributed by atoms with E-state index in [9.17, 15) is 9.18 Å². The van der Waals surface area contributed by atoms with E-state index >= 15 is 0 Å². The minimum atomic E-state index is -1.26. The Kier molecular flexibility index (Phi) is 5.73. The van der Waals surface area contributed by atoms with E-state index in [1.807, 2.05) is 46.8 Å². The fourth-order valence-corrected chi connectivity index (χ4v) is 3.76. The Hall–Kier alpha value is -1.16. The van der Waals surface area contributed by atoms with Crippen LogP contribution in [-0.4, -0.2) is 32.7 Å². The van der Waals surface area contributed by atoms with Crippen LogP contribution in [0.2, 0.25) is 13.1 Å². The molecule has 0 aliphatic carbocycles. The maximum Gasteiger partial charge on any atom is 0.254 e. The average molecular weight is 310 g/mol. The Morgan fingerprint density at radius 3 is 2.10 bits per heavy atom. The van der Waals surface area contributed by atoms with Gasteiger partial charge in [0.05, 0.1) is 8.80 Å². The molecule has 0 heterocycles. The van der Waals surface area contributed by atoms with E-state index in [2.05, 4.69) is 13.1 Å². The second kappa shape index (κ2) is 6.73. The van der Waals surface area contributed by atoms with Crippen LogP contribution in [0.25, 0.3) is 0 Å². The van der Waals surface area contributed by atoms with Crippen LogP contribution >= 0.6 is 0 Å². The second-order valence-electron chi connectivity index (χ2n) is 6.77. The summed E-state index contributed by atoms with van der Waals surface area (Å²) >= 11 is 0. The molecule has 0 aliphatic rings. The van der Waals surface area contributed by atoms with E-state index in [0.29, 0.717) is 24.2 Å². The second-order valence-corrected chi connectivity index (χ2v) is 9.70. The summed E-state index contributed by atoms with van der Waals surface area (Å²) in [5, 5.41) is 0.816. The lowest BCUT2D eigenvalue weighted by atomic mass is 9.83. The van der Waals surface area contributed by atoms with Crippen molar-refractivity contribution in [3.05, 3.63) is 29.1 Å². The van der Waals surface area contributed by atoms with Gasteiger partial charge in [0.2, 0.25) is 0 Å². The highest BCUT2D eigenvalue weighted by Gasteiger charge is 2.29. The van der Waals surface area contributed by atoms with E-state index in [-0.39, 0.29) is 17.1 Å². The first-order valence-corrected chi connectivity index (χ1v) is 10.7. The van der Waals surface area contributed by atoms with Crippen LogP contribution < -0.4 is 5.19 Å². The molecular weight excluding hydrogens is 281 g/mol. The summed E-state index contributed by atoms with van der Waals surface area (Å²) in [6, 6.07) is 3.64. The van der Waals surface area contributed by atoms with Crippen molar-refractivity contribution in [1.29, 1.82) is 0 Å². The van der Waals surface area contributed by atoms with Crippen LogP contribution in [-0.2, 0) is 5.41 Å². The number of hydrogen-bond donors (Lipinski definition) is 0. The van der Waals surface area contributed by atoms with Crippen molar-refractivity contribution >= 4 is 19.9 Å². The third-order valence-corrected chi connectivity index (χ3v) is 5.51. The van der Waals surface area contributed by atoms with Gasteiger partial charge in [-0.2, -0.15) is 0 Å². The van der Waals surface area contributed by atoms with Gasteiger partial charge in [0.15, 0.2) is 0 Å². The lowest BCUT2D eigenvalue weighted by Crippen LogP contribution is -2.36. The zero-order valence-corrected chi connectivity index (χ0v) is 15.5. The van der Waals surface area contributed by atoms with Crippen LogP contribution in [0, 0.1) is 5.82 Å². The van der Waals surface area contributed by atoms with Gasteiger partial charge >= 0.3 is 0 Å². The standard InChI is InChI=1S/C17H28FNOSi/c1-8-19(9-2)16(20)12-10-11-13(21(6)7)15(18)14(12)17(3,4)5/h10-11,21H,8-9H2,1-7H3. The average Bonchev–Trinajstić information content (AvgIpc) is 2.37. The number of benzene rings is 1. The van der Waals surface area contributed by atoms with Gasteiger partial charge in [-0.1, -0.05) is 39.9 Å². The molecule has 118 valence electrons. The quantitative estimate of drug-likeness (QED) is 0.782. The Balaban J connectivity index is 3.53. The maximum absolute atomic E-state index is 15.0. The normalized spacial score (nSPS) is 11.9. The van der Waals surface area contributed by atoms with Crippen LogP contribution in [0.5, 0.6) is 0 Å². The van der Waals surface area contributed by atoms with E-state index in [1.54, 1.807) is 4.90 Å². The van der Waals surface area contributed by atoms with Crippen molar-refractivity contribution in [2.75, 3.05) is 13.1 Å². The number of carbonyl (C=O) groups excluding carboxylic acids is 1. The number of nitrogens with zero attached hydrogens (tertiary/aromatic N) is 1. The van der Waals surface area contributed by atoms with Crippen LogP contribution in [0.3, 0.4) is 0 Å². The van der Waals surface area contributed by atoms with Gasteiger partial charge in [-0.05, 0) is 30.5 Å². The van der Waals surface area contributed by atoms with Gasteiger partial charge in [-0.3, -0.25) is 4.79 Å². The van der Waals surface area contributed by atoms with Crippen molar-refractivity contribution < 1.29 is 9.18 Å². The van der Waals surface area contributed by atoms with Crippen LogP contribution in [0.15, 0.2) is 12.1 Å². The van der Waals surface area contributed by atoms with Gasteiger partial charge in [0, 0.05) is 24.2 Å². The summed E-state index contributed by atoms with van der Waals surface area (Å²) < 4.78 is 15.0. The Bertz CT molecular complexity index is 516. The SMILES string of the molecule is CCN(CC)C(=O)c1ccc([SiH](C)C)c(F)c1C(C)(C)C.